The second-order valence-corrected chi connectivity index (χ2v) is 11.7. The maximum absolute atomic E-state index is 14.7. The maximum Gasteiger partial charge on any atom is 0.258 e. The van der Waals surface area contributed by atoms with E-state index in [4.69, 9.17) is 14.2 Å². The van der Waals surface area contributed by atoms with Crippen LogP contribution in [0.25, 0.3) is 5.69 Å². The Labute approximate surface area is 271 Å². The van der Waals surface area contributed by atoms with Gasteiger partial charge in [-0.05, 0) is 61.9 Å². The summed E-state index contributed by atoms with van der Waals surface area (Å²) in [7, 11) is 1.46. The van der Waals surface area contributed by atoms with Gasteiger partial charge in [-0.15, -0.1) is 0 Å². The van der Waals surface area contributed by atoms with Crippen LogP contribution in [0.3, 0.4) is 0 Å². The third-order valence-corrected chi connectivity index (χ3v) is 8.47. The van der Waals surface area contributed by atoms with Crippen LogP contribution in [-0.4, -0.2) is 71.4 Å². The fraction of sp³-hybridized carbons (Fsp3) is 0.314. The molecule has 47 heavy (non-hydrogen) atoms. The van der Waals surface area contributed by atoms with Crippen LogP contribution in [-0.2, 0) is 22.6 Å². The molecule has 0 radical (unpaired) electrons. The Morgan fingerprint density at radius 1 is 1.09 bits per heavy atom. The normalized spacial score (nSPS) is 18.3. The molecule has 6 rings (SSSR count). The first-order valence-electron chi connectivity index (χ1n) is 15.4. The molecule has 4 aromatic rings. The molecule has 11 nitrogen and oxygen atoms in total. The van der Waals surface area contributed by atoms with E-state index in [1.165, 1.54) is 25.3 Å². The number of piperidine rings is 1. The molecule has 0 unspecified atom stereocenters. The van der Waals surface area contributed by atoms with Crippen LogP contribution in [0.1, 0.15) is 39.3 Å². The summed E-state index contributed by atoms with van der Waals surface area (Å²) in [4.78, 5) is 41.5. The molecule has 1 fully saturated rings. The van der Waals surface area contributed by atoms with Gasteiger partial charge in [-0.3, -0.25) is 14.4 Å². The van der Waals surface area contributed by atoms with Crippen LogP contribution in [0.15, 0.2) is 66.7 Å². The molecular weight excluding hydrogens is 605 g/mol. The summed E-state index contributed by atoms with van der Waals surface area (Å²) in [5.74, 6) is -0.679. The largest absolute Gasteiger partial charge is 0.493 e. The van der Waals surface area contributed by atoms with Gasteiger partial charge < -0.3 is 29.7 Å². The van der Waals surface area contributed by atoms with Crippen LogP contribution < -0.4 is 24.8 Å². The molecule has 2 atom stereocenters. The highest BCUT2D eigenvalue weighted by Crippen LogP contribution is 2.29. The van der Waals surface area contributed by atoms with Gasteiger partial charge in [0.25, 0.3) is 11.8 Å². The summed E-state index contributed by atoms with van der Waals surface area (Å²) in [6, 6.07) is 18.0. The lowest BCUT2D eigenvalue weighted by molar-refractivity contribution is -0.135. The predicted octanol–water partition coefficient (Wildman–Crippen LogP) is 3.67. The van der Waals surface area contributed by atoms with Crippen molar-refractivity contribution in [1.29, 1.82) is 0 Å². The number of carbonyl (C=O) groups is 3. The highest BCUT2D eigenvalue weighted by Gasteiger charge is 2.35. The lowest BCUT2D eigenvalue weighted by Crippen LogP contribution is -2.58. The summed E-state index contributed by atoms with van der Waals surface area (Å²) < 4.78 is 33.9. The van der Waals surface area contributed by atoms with Crippen LogP contribution in [0, 0.1) is 19.7 Å². The fourth-order valence-corrected chi connectivity index (χ4v) is 6.02. The van der Waals surface area contributed by atoms with E-state index in [9.17, 15) is 18.8 Å². The van der Waals surface area contributed by atoms with Crippen LogP contribution in [0.5, 0.6) is 17.2 Å². The highest BCUT2D eigenvalue weighted by molar-refractivity contribution is 5.95. The number of aryl methyl sites for hydroxylation is 1. The lowest BCUT2D eigenvalue weighted by atomic mass is 10.00. The number of halogens is 1. The number of methoxy groups -OCH3 is 1. The standard InChI is InChI=1S/C35H36FN5O6/c1-21-28(22(2)41(39-21)26-7-5-4-6-8-26)17-34(43)40-12-11-30-29(19-40)38-33(42)20-46-32-15-24(9-10-31(32)45-3)35(44)37-18-23-13-25(36)16-27(14-23)47-30/h4-10,13-16,29-30H,11-12,17-20H2,1-3H3,(H,37,44)(H,38,42)/t29-,30+/m1/s1. The van der Waals surface area contributed by atoms with Gasteiger partial charge in [0, 0.05) is 48.9 Å². The molecular formula is C35H36FN5O6. The predicted molar refractivity (Wildman–Crippen MR) is 170 cm³/mol. The van der Waals surface area contributed by atoms with E-state index in [0.29, 0.717) is 24.3 Å². The zero-order valence-electron chi connectivity index (χ0n) is 26.4. The van der Waals surface area contributed by atoms with Gasteiger partial charge in [-0.1, -0.05) is 18.2 Å². The maximum atomic E-state index is 14.7. The summed E-state index contributed by atoms with van der Waals surface area (Å²) in [5.41, 5.74) is 4.19. The zero-order valence-corrected chi connectivity index (χ0v) is 26.4. The number of hydrogen-bond donors (Lipinski definition) is 2. The van der Waals surface area contributed by atoms with E-state index in [-0.39, 0.29) is 49.1 Å². The molecule has 244 valence electrons. The van der Waals surface area contributed by atoms with Gasteiger partial charge in [0.1, 0.15) is 17.7 Å². The van der Waals surface area contributed by atoms with Gasteiger partial charge in [0.15, 0.2) is 18.1 Å². The number of aromatic nitrogens is 2. The number of nitrogens with one attached hydrogen (secondary N) is 2. The van der Waals surface area contributed by atoms with Crippen molar-refractivity contribution in [2.45, 2.75) is 45.4 Å². The van der Waals surface area contributed by atoms with Gasteiger partial charge in [-0.25, -0.2) is 9.07 Å². The average Bonchev–Trinajstić information content (AvgIpc) is 3.35. The summed E-state index contributed by atoms with van der Waals surface area (Å²) in [5, 5.41) is 10.4. The van der Waals surface area contributed by atoms with Crippen molar-refractivity contribution in [2.75, 3.05) is 26.8 Å². The molecule has 0 aliphatic carbocycles. The number of benzene rings is 3. The van der Waals surface area contributed by atoms with E-state index in [1.54, 1.807) is 23.1 Å². The molecule has 2 aliphatic heterocycles. The summed E-state index contributed by atoms with van der Waals surface area (Å²) >= 11 is 0. The number of likely N-dealkylation sites (tertiary alicyclic amines) is 1. The molecule has 12 heteroatoms. The Morgan fingerprint density at radius 3 is 2.68 bits per heavy atom. The van der Waals surface area contributed by atoms with E-state index in [1.807, 2.05) is 48.9 Å². The van der Waals surface area contributed by atoms with E-state index < -0.39 is 29.8 Å². The van der Waals surface area contributed by atoms with Crippen molar-refractivity contribution in [3.63, 3.8) is 0 Å². The molecule has 3 amide bonds. The van der Waals surface area contributed by atoms with Gasteiger partial charge in [0.2, 0.25) is 5.91 Å². The molecule has 4 bridgehead atoms. The number of hydrogen-bond acceptors (Lipinski definition) is 7. The van der Waals surface area contributed by atoms with Crippen molar-refractivity contribution in [3.05, 3.63) is 101 Å². The first-order chi connectivity index (χ1) is 22.7. The van der Waals surface area contributed by atoms with Crippen LogP contribution >= 0.6 is 0 Å². The molecule has 0 saturated carbocycles. The SMILES string of the molecule is COc1ccc2cc1OCC(=O)N[C@@H]1CN(C(=O)Cc3c(C)nn(-c4ccccc4)c3C)CC[C@@H]1Oc1cc(F)cc(c1)CNC2=O. The minimum atomic E-state index is -0.620. The molecule has 1 aromatic heterocycles. The molecule has 0 spiro atoms. The highest BCUT2D eigenvalue weighted by atomic mass is 19.1. The van der Waals surface area contributed by atoms with Crippen molar-refractivity contribution in [1.82, 2.24) is 25.3 Å². The first-order valence-corrected chi connectivity index (χ1v) is 15.4. The molecule has 3 aromatic carbocycles. The molecule has 3 heterocycles. The number of ether oxygens (including phenoxy) is 3. The monoisotopic (exact) mass is 641 g/mol. The molecule has 2 aliphatic rings. The Kier molecular flexibility index (Phi) is 9.10. The van der Waals surface area contributed by atoms with Gasteiger partial charge in [-0.2, -0.15) is 5.10 Å². The van der Waals surface area contributed by atoms with Gasteiger partial charge >= 0.3 is 0 Å². The molecule has 1 saturated heterocycles. The fourth-order valence-electron chi connectivity index (χ4n) is 6.02. The lowest BCUT2D eigenvalue weighted by Gasteiger charge is -2.39. The smallest absolute Gasteiger partial charge is 0.258 e. The number of para-hydroxylation sites is 1. The third kappa shape index (κ3) is 7.06. The van der Waals surface area contributed by atoms with Crippen molar-refractivity contribution >= 4 is 17.7 Å². The Morgan fingerprint density at radius 2 is 1.89 bits per heavy atom. The van der Waals surface area contributed by atoms with Crippen LogP contribution in [0.2, 0.25) is 0 Å². The zero-order chi connectivity index (χ0) is 33.1. The van der Waals surface area contributed by atoms with E-state index in [0.717, 1.165) is 22.6 Å². The average molecular weight is 642 g/mol. The first kappa shape index (κ1) is 31.6. The topological polar surface area (TPSA) is 124 Å². The Balaban J connectivity index is 1.24. The van der Waals surface area contributed by atoms with E-state index in [2.05, 4.69) is 15.7 Å². The Hall–Kier alpha value is -5.39. The third-order valence-electron chi connectivity index (χ3n) is 8.47. The van der Waals surface area contributed by atoms with Crippen LogP contribution in [0.4, 0.5) is 4.39 Å². The number of fused-ring (bicyclic) bond motifs is 5. The van der Waals surface area contributed by atoms with Crippen molar-refractivity contribution in [2.24, 2.45) is 0 Å². The van der Waals surface area contributed by atoms with Crippen molar-refractivity contribution < 1.29 is 33.0 Å². The van der Waals surface area contributed by atoms with E-state index >= 15 is 0 Å². The number of amides is 3. The number of carbonyl (C=O) groups excluding carboxylic acids is 3. The second-order valence-electron chi connectivity index (χ2n) is 11.7. The number of nitrogens with zero attached hydrogens (tertiary/aromatic N) is 3. The minimum absolute atomic E-state index is 0.0575. The summed E-state index contributed by atoms with van der Waals surface area (Å²) in [6.45, 7) is 4.07. The number of rotatable bonds is 4. The minimum Gasteiger partial charge on any atom is -0.493 e. The van der Waals surface area contributed by atoms with Crippen molar-refractivity contribution in [3.8, 4) is 22.9 Å². The summed E-state index contributed by atoms with van der Waals surface area (Å²) in [6.07, 6.45) is -0.0334. The quantitative estimate of drug-likeness (QED) is 0.349. The van der Waals surface area contributed by atoms with Gasteiger partial charge in [0.05, 0.1) is 31.0 Å². The molecule has 2 N–H and O–H groups in total. The second kappa shape index (κ2) is 13.5. The Bertz CT molecular complexity index is 1810.